The maximum Gasteiger partial charge on any atom is 0.109 e. The highest BCUT2D eigenvalue weighted by molar-refractivity contribution is 7.16. The summed E-state index contributed by atoms with van der Waals surface area (Å²) in [6, 6.07) is 10.5. The van der Waals surface area contributed by atoms with Crippen LogP contribution in [0, 0.1) is 11.8 Å². The van der Waals surface area contributed by atoms with Crippen LogP contribution in [0.25, 0.3) is 0 Å². The molecule has 0 saturated carbocycles. The molecule has 116 valence electrons. The van der Waals surface area contributed by atoms with Crippen molar-refractivity contribution in [3.63, 3.8) is 0 Å². The molecule has 0 amide bonds. The van der Waals surface area contributed by atoms with Crippen LogP contribution < -0.4 is 0 Å². The quantitative estimate of drug-likeness (QED) is 0.687. The third kappa shape index (κ3) is 4.61. The summed E-state index contributed by atoms with van der Waals surface area (Å²) < 4.78 is 0.780. The van der Waals surface area contributed by atoms with Gasteiger partial charge in [-0.15, -0.1) is 11.3 Å². The Morgan fingerprint density at radius 3 is 2.45 bits per heavy atom. The molecule has 0 unspecified atom stereocenters. The first kappa shape index (κ1) is 17.1. The highest BCUT2D eigenvalue weighted by atomic mass is 35.5. The van der Waals surface area contributed by atoms with Crippen molar-refractivity contribution in [2.45, 2.75) is 32.7 Å². The summed E-state index contributed by atoms with van der Waals surface area (Å²) in [5, 5.41) is 0. The first-order valence-corrected chi connectivity index (χ1v) is 8.50. The summed E-state index contributed by atoms with van der Waals surface area (Å²) in [5.74, 6) is 6.45. The zero-order valence-electron chi connectivity index (χ0n) is 13.8. The van der Waals surface area contributed by atoms with E-state index in [0.717, 1.165) is 22.0 Å². The van der Waals surface area contributed by atoms with E-state index in [1.165, 1.54) is 10.4 Å². The van der Waals surface area contributed by atoms with Gasteiger partial charge in [0.25, 0.3) is 0 Å². The minimum Gasteiger partial charge on any atom is -0.305 e. The third-order valence-electron chi connectivity index (χ3n) is 3.19. The van der Waals surface area contributed by atoms with Gasteiger partial charge in [-0.3, -0.25) is 0 Å². The van der Waals surface area contributed by atoms with E-state index in [-0.39, 0.29) is 5.41 Å². The van der Waals surface area contributed by atoms with Gasteiger partial charge in [-0.2, -0.15) is 0 Å². The molecule has 0 aliphatic carbocycles. The number of halogens is 1. The zero-order chi connectivity index (χ0) is 16.3. The predicted molar refractivity (Wildman–Crippen MR) is 97.8 cm³/mol. The van der Waals surface area contributed by atoms with Gasteiger partial charge < -0.3 is 4.90 Å². The summed E-state index contributed by atoms with van der Waals surface area (Å²) in [6.07, 6.45) is 0. The lowest BCUT2D eigenvalue weighted by Crippen LogP contribution is -2.10. The Morgan fingerprint density at radius 2 is 1.86 bits per heavy atom. The van der Waals surface area contributed by atoms with Gasteiger partial charge in [-0.1, -0.05) is 56.3 Å². The molecule has 1 aromatic carbocycles. The van der Waals surface area contributed by atoms with Crippen LogP contribution >= 0.6 is 22.9 Å². The number of benzene rings is 1. The van der Waals surface area contributed by atoms with E-state index in [1.54, 1.807) is 11.3 Å². The van der Waals surface area contributed by atoms with Crippen molar-refractivity contribution in [2.24, 2.45) is 0 Å². The maximum atomic E-state index is 6.33. The van der Waals surface area contributed by atoms with Gasteiger partial charge in [0.1, 0.15) is 4.34 Å². The van der Waals surface area contributed by atoms with E-state index in [2.05, 4.69) is 75.9 Å². The fraction of sp³-hybridized carbons (Fsp3) is 0.368. The Labute approximate surface area is 142 Å². The van der Waals surface area contributed by atoms with Crippen LogP contribution in [0.5, 0.6) is 0 Å². The standard InChI is InChI=1S/C19H22ClNS/c1-19(2,3)17-12-16(18(20)22-17)10-9-14-7-6-8-15(11-14)13-21(4)5/h6-8,11-12H,13H2,1-5H3. The average Bonchev–Trinajstić information content (AvgIpc) is 2.77. The van der Waals surface area contributed by atoms with Crippen molar-refractivity contribution in [1.82, 2.24) is 4.90 Å². The molecule has 0 bridgehead atoms. The Balaban J connectivity index is 2.25. The normalized spacial score (nSPS) is 11.4. The van der Waals surface area contributed by atoms with E-state index in [4.69, 9.17) is 11.6 Å². The van der Waals surface area contributed by atoms with E-state index in [1.807, 2.05) is 6.07 Å². The number of nitrogens with zero attached hydrogens (tertiary/aromatic N) is 1. The summed E-state index contributed by atoms with van der Waals surface area (Å²) in [7, 11) is 4.13. The van der Waals surface area contributed by atoms with Gasteiger partial charge in [0.2, 0.25) is 0 Å². The second-order valence-corrected chi connectivity index (χ2v) is 8.39. The van der Waals surface area contributed by atoms with Gasteiger partial charge in [-0.05, 0) is 43.3 Å². The summed E-state index contributed by atoms with van der Waals surface area (Å²) in [5.41, 5.74) is 3.33. The molecule has 0 aliphatic heterocycles. The van der Waals surface area contributed by atoms with E-state index in [9.17, 15) is 0 Å². The molecule has 0 N–H and O–H groups in total. The third-order valence-corrected chi connectivity index (χ3v) is 4.98. The van der Waals surface area contributed by atoms with Crippen LogP contribution in [0.2, 0.25) is 4.34 Å². The first-order chi connectivity index (χ1) is 10.3. The summed E-state index contributed by atoms with van der Waals surface area (Å²) in [4.78, 5) is 3.42. The fourth-order valence-electron chi connectivity index (χ4n) is 2.08. The Morgan fingerprint density at radius 1 is 1.14 bits per heavy atom. The van der Waals surface area contributed by atoms with Crippen molar-refractivity contribution in [3.05, 3.63) is 56.2 Å². The van der Waals surface area contributed by atoms with Crippen molar-refractivity contribution < 1.29 is 0 Å². The van der Waals surface area contributed by atoms with Gasteiger partial charge in [0.05, 0.1) is 5.56 Å². The summed E-state index contributed by atoms with van der Waals surface area (Å²) in [6.45, 7) is 7.49. The molecule has 22 heavy (non-hydrogen) atoms. The molecule has 0 spiro atoms. The number of hydrogen-bond acceptors (Lipinski definition) is 2. The van der Waals surface area contributed by atoms with Gasteiger partial charge in [-0.25, -0.2) is 0 Å². The molecule has 1 heterocycles. The van der Waals surface area contributed by atoms with Crippen LogP contribution in [-0.2, 0) is 12.0 Å². The molecule has 0 fully saturated rings. The highest BCUT2D eigenvalue weighted by Gasteiger charge is 2.18. The Bertz CT molecular complexity index is 711. The largest absolute Gasteiger partial charge is 0.305 e. The topological polar surface area (TPSA) is 3.24 Å². The molecule has 2 aromatic rings. The van der Waals surface area contributed by atoms with E-state index in [0.29, 0.717) is 0 Å². The molecule has 3 heteroatoms. The van der Waals surface area contributed by atoms with Crippen molar-refractivity contribution in [3.8, 4) is 11.8 Å². The highest BCUT2D eigenvalue weighted by Crippen LogP contribution is 2.35. The second-order valence-electron chi connectivity index (χ2n) is 6.74. The molecule has 1 nitrogen and oxygen atoms in total. The smallest absolute Gasteiger partial charge is 0.109 e. The van der Waals surface area contributed by atoms with E-state index < -0.39 is 0 Å². The van der Waals surface area contributed by atoms with Gasteiger partial charge in [0, 0.05) is 17.0 Å². The second kappa shape index (κ2) is 6.87. The van der Waals surface area contributed by atoms with Crippen LogP contribution in [-0.4, -0.2) is 19.0 Å². The van der Waals surface area contributed by atoms with Crippen molar-refractivity contribution in [2.75, 3.05) is 14.1 Å². The van der Waals surface area contributed by atoms with Crippen LogP contribution in [0.1, 0.15) is 42.3 Å². The monoisotopic (exact) mass is 331 g/mol. The lowest BCUT2D eigenvalue weighted by atomic mass is 9.94. The van der Waals surface area contributed by atoms with Crippen LogP contribution in [0.4, 0.5) is 0 Å². The van der Waals surface area contributed by atoms with Gasteiger partial charge >= 0.3 is 0 Å². The first-order valence-electron chi connectivity index (χ1n) is 7.31. The average molecular weight is 332 g/mol. The van der Waals surface area contributed by atoms with Crippen molar-refractivity contribution >= 4 is 22.9 Å². The maximum absolute atomic E-state index is 6.33. The van der Waals surface area contributed by atoms with Crippen LogP contribution in [0.15, 0.2) is 30.3 Å². The predicted octanol–water partition coefficient (Wildman–Crippen LogP) is 5.16. The van der Waals surface area contributed by atoms with Crippen molar-refractivity contribution in [1.29, 1.82) is 0 Å². The Hall–Kier alpha value is -1.27. The number of rotatable bonds is 2. The van der Waals surface area contributed by atoms with Gasteiger partial charge in [0.15, 0.2) is 0 Å². The summed E-state index contributed by atoms with van der Waals surface area (Å²) >= 11 is 7.95. The van der Waals surface area contributed by atoms with Crippen LogP contribution in [0.3, 0.4) is 0 Å². The fourth-order valence-corrected chi connectivity index (χ4v) is 3.32. The SMILES string of the molecule is CN(C)Cc1cccc(C#Cc2cc(C(C)(C)C)sc2Cl)c1. The number of thiophene rings is 1. The molecule has 0 aliphatic rings. The molecule has 0 radical (unpaired) electrons. The van der Waals surface area contributed by atoms with E-state index >= 15 is 0 Å². The number of hydrogen-bond donors (Lipinski definition) is 0. The molecule has 0 saturated heterocycles. The molecule has 0 atom stereocenters. The minimum atomic E-state index is 0.111. The minimum absolute atomic E-state index is 0.111. The Kier molecular flexibility index (Phi) is 5.34. The molecule has 1 aromatic heterocycles. The molecular formula is C19H22ClNS. The molecular weight excluding hydrogens is 310 g/mol. The molecule has 2 rings (SSSR count). The zero-order valence-corrected chi connectivity index (χ0v) is 15.4. The lowest BCUT2D eigenvalue weighted by molar-refractivity contribution is 0.402. The lowest BCUT2D eigenvalue weighted by Gasteiger charge is -2.14.